The molecule has 1 aliphatic rings. The van der Waals surface area contributed by atoms with Crippen LogP contribution in [0.1, 0.15) is 0 Å². The fourth-order valence-corrected chi connectivity index (χ4v) is 2.19. The molecule has 0 radical (unpaired) electrons. The van der Waals surface area contributed by atoms with Gasteiger partial charge in [-0.3, -0.25) is 4.79 Å². The molecule has 2 aromatic rings. The number of hydrogen-bond acceptors (Lipinski definition) is 3. The molecule has 0 saturated heterocycles. The van der Waals surface area contributed by atoms with Gasteiger partial charge in [0.2, 0.25) is 0 Å². The number of nitrogens with zero attached hydrogens (tertiary/aromatic N) is 1. The first-order valence-corrected chi connectivity index (χ1v) is 6.32. The van der Waals surface area contributed by atoms with E-state index in [-0.39, 0.29) is 5.78 Å². The van der Waals surface area contributed by atoms with Crippen LogP contribution in [0.4, 0.5) is 5.69 Å². The van der Waals surface area contributed by atoms with Crippen molar-refractivity contribution >= 4 is 28.0 Å². The van der Waals surface area contributed by atoms with Gasteiger partial charge < -0.3 is 4.74 Å². The average Bonchev–Trinajstić information content (AvgIpc) is 2.50. The number of fused-ring (bicyclic) bond motifs is 1. The third-order valence-electron chi connectivity index (χ3n) is 3.17. The average molecular weight is 263 g/mol. The van der Waals surface area contributed by atoms with E-state index in [1.54, 1.807) is 19.3 Å². The van der Waals surface area contributed by atoms with Crippen molar-refractivity contribution in [2.24, 2.45) is 4.99 Å². The van der Waals surface area contributed by atoms with Crippen molar-refractivity contribution in [1.29, 1.82) is 0 Å². The molecule has 1 aliphatic carbocycles. The van der Waals surface area contributed by atoms with Crippen molar-refractivity contribution in [3.8, 4) is 5.75 Å². The van der Waals surface area contributed by atoms with E-state index in [1.807, 2.05) is 36.4 Å². The van der Waals surface area contributed by atoms with E-state index < -0.39 is 0 Å². The van der Waals surface area contributed by atoms with Gasteiger partial charge in [-0.25, -0.2) is 4.99 Å². The third-order valence-corrected chi connectivity index (χ3v) is 3.17. The summed E-state index contributed by atoms with van der Waals surface area (Å²) < 4.78 is 5.37. The summed E-state index contributed by atoms with van der Waals surface area (Å²) in [6.07, 6.45) is 6.48. The van der Waals surface area contributed by atoms with E-state index in [9.17, 15) is 4.79 Å². The van der Waals surface area contributed by atoms with Crippen LogP contribution in [0.25, 0.3) is 10.8 Å². The van der Waals surface area contributed by atoms with Crippen LogP contribution in [0.15, 0.2) is 65.7 Å². The van der Waals surface area contributed by atoms with Crippen molar-refractivity contribution in [2.75, 3.05) is 7.11 Å². The summed E-state index contributed by atoms with van der Waals surface area (Å²) in [5.41, 5.74) is 1.62. The maximum absolute atomic E-state index is 11.1. The fraction of sp³-hybridized carbons (Fsp3) is 0.0588. The lowest BCUT2D eigenvalue weighted by molar-refractivity contribution is -0.110. The minimum atomic E-state index is -0.0106. The number of carbonyl (C=O) groups excluding carboxylic acids is 1. The van der Waals surface area contributed by atoms with Crippen LogP contribution in [-0.4, -0.2) is 18.6 Å². The van der Waals surface area contributed by atoms with Crippen LogP contribution in [0.3, 0.4) is 0 Å². The van der Waals surface area contributed by atoms with Gasteiger partial charge in [0.15, 0.2) is 5.78 Å². The summed E-state index contributed by atoms with van der Waals surface area (Å²) in [6.45, 7) is 0. The second-order valence-electron chi connectivity index (χ2n) is 4.44. The zero-order valence-electron chi connectivity index (χ0n) is 11.0. The Morgan fingerprint density at radius 1 is 0.900 bits per heavy atom. The molecule has 2 aromatic carbocycles. The lowest BCUT2D eigenvalue weighted by Crippen LogP contribution is -1.98. The van der Waals surface area contributed by atoms with E-state index in [2.05, 4.69) is 4.99 Å². The molecule has 20 heavy (non-hydrogen) atoms. The minimum Gasteiger partial charge on any atom is -0.496 e. The summed E-state index contributed by atoms with van der Waals surface area (Å²) >= 11 is 0. The molecule has 3 nitrogen and oxygen atoms in total. The van der Waals surface area contributed by atoms with E-state index >= 15 is 0 Å². The standard InChI is InChI=1S/C17H13NO2/c1-20-17-11-10-16(14-4-2-3-5-15(14)17)18-12-6-8-13(19)9-7-12/h2-11H,1H3. The molecule has 0 heterocycles. The van der Waals surface area contributed by atoms with Gasteiger partial charge in [0.1, 0.15) is 5.75 Å². The van der Waals surface area contributed by atoms with Gasteiger partial charge in [-0.1, -0.05) is 24.3 Å². The Hall–Kier alpha value is -2.68. The summed E-state index contributed by atoms with van der Waals surface area (Å²) in [4.78, 5) is 15.7. The molecular formula is C17H13NO2. The van der Waals surface area contributed by atoms with Crippen LogP contribution >= 0.6 is 0 Å². The van der Waals surface area contributed by atoms with Gasteiger partial charge in [-0.2, -0.15) is 0 Å². The van der Waals surface area contributed by atoms with E-state index in [0.29, 0.717) is 0 Å². The van der Waals surface area contributed by atoms with Gasteiger partial charge in [0.25, 0.3) is 0 Å². The minimum absolute atomic E-state index is 0.0106. The number of hydrogen-bond donors (Lipinski definition) is 0. The van der Waals surface area contributed by atoms with Gasteiger partial charge in [-0.15, -0.1) is 0 Å². The SMILES string of the molecule is COc1ccc(N=C2C=CC(=O)C=C2)c2ccccc12. The summed E-state index contributed by atoms with van der Waals surface area (Å²) in [5.74, 6) is 0.818. The van der Waals surface area contributed by atoms with Crippen molar-refractivity contribution in [1.82, 2.24) is 0 Å². The maximum atomic E-state index is 11.1. The topological polar surface area (TPSA) is 38.7 Å². The van der Waals surface area contributed by atoms with Crippen molar-refractivity contribution < 1.29 is 9.53 Å². The van der Waals surface area contributed by atoms with Gasteiger partial charge >= 0.3 is 0 Å². The predicted molar refractivity (Wildman–Crippen MR) is 80.9 cm³/mol. The Balaban J connectivity index is 2.14. The number of aliphatic imine (C=N–C) groups is 1. The number of allylic oxidation sites excluding steroid dienone is 4. The second kappa shape index (κ2) is 5.13. The lowest BCUT2D eigenvalue weighted by Gasteiger charge is -2.08. The number of benzene rings is 2. The molecule has 0 unspecified atom stereocenters. The predicted octanol–water partition coefficient (Wildman–Crippen LogP) is 3.62. The highest BCUT2D eigenvalue weighted by Gasteiger charge is 2.06. The van der Waals surface area contributed by atoms with E-state index in [0.717, 1.165) is 27.9 Å². The number of carbonyl (C=O) groups is 1. The fourth-order valence-electron chi connectivity index (χ4n) is 2.19. The summed E-state index contributed by atoms with van der Waals surface area (Å²) in [7, 11) is 1.66. The van der Waals surface area contributed by atoms with Crippen molar-refractivity contribution in [3.63, 3.8) is 0 Å². The molecule has 0 N–H and O–H groups in total. The zero-order chi connectivity index (χ0) is 13.9. The van der Waals surface area contributed by atoms with Crippen LogP contribution in [0, 0.1) is 0 Å². The highest BCUT2D eigenvalue weighted by atomic mass is 16.5. The molecule has 3 rings (SSSR count). The Bertz CT molecular complexity index is 752. The molecule has 98 valence electrons. The Morgan fingerprint density at radius 2 is 1.60 bits per heavy atom. The third kappa shape index (κ3) is 2.26. The first kappa shape index (κ1) is 12.4. The molecule has 0 amide bonds. The largest absolute Gasteiger partial charge is 0.496 e. The second-order valence-corrected chi connectivity index (χ2v) is 4.44. The first-order chi connectivity index (χ1) is 9.78. The lowest BCUT2D eigenvalue weighted by atomic mass is 10.1. The molecule has 0 spiro atoms. The first-order valence-electron chi connectivity index (χ1n) is 6.32. The molecule has 3 heteroatoms. The van der Waals surface area contributed by atoms with Crippen LogP contribution in [0.5, 0.6) is 5.75 Å². The molecule has 0 aromatic heterocycles. The zero-order valence-corrected chi connectivity index (χ0v) is 11.0. The Labute approximate surface area is 116 Å². The van der Waals surface area contributed by atoms with Crippen LogP contribution in [0.2, 0.25) is 0 Å². The summed E-state index contributed by atoms with van der Waals surface area (Å²) in [5, 5.41) is 2.05. The quantitative estimate of drug-likeness (QED) is 0.776. The Kier molecular flexibility index (Phi) is 3.17. The van der Waals surface area contributed by atoms with E-state index in [1.165, 1.54) is 12.2 Å². The van der Waals surface area contributed by atoms with E-state index in [4.69, 9.17) is 4.74 Å². The highest BCUT2D eigenvalue weighted by Crippen LogP contribution is 2.33. The van der Waals surface area contributed by atoms with Crippen molar-refractivity contribution in [3.05, 3.63) is 60.7 Å². The molecular weight excluding hydrogens is 250 g/mol. The Morgan fingerprint density at radius 3 is 2.30 bits per heavy atom. The monoisotopic (exact) mass is 263 g/mol. The smallest absolute Gasteiger partial charge is 0.178 e. The molecule has 0 atom stereocenters. The van der Waals surface area contributed by atoms with Gasteiger partial charge in [0, 0.05) is 10.8 Å². The molecule has 0 saturated carbocycles. The van der Waals surface area contributed by atoms with Crippen LogP contribution < -0.4 is 4.74 Å². The van der Waals surface area contributed by atoms with Gasteiger partial charge in [0.05, 0.1) is 18.5 Å². The van der Waals surface area contributed by atoms with Gasteiger partial charge in [-0.05, 0) is 36.4 Å². The normalized spacial score (nSPS) is 13.8. The van der Waals surface area contributed by atoms with Crippen molar-refractivity contribution in [2.45, 2.75) is 0 Å². The number of rotatable bonds is 2. The molecule has 0 fully saturated rings. The molecule has 0 aliphatic heterocycles. The number of ketones is 1. The summed E-state index contributed by atoms with van der Waals surface area (Å²) in [6, 6.07) is 11.8. The highest BCUT2D eigenvalue weighted by molar-refractivity contribution is 6.17. The maximum Gasteiger partial charge on any atom is 0.178 e. The number of methoxy groups -OCH3 is 1. The van der Waals surface area contributed by atoms with Crippen LogP contribution in [-0.2, 0) is 4.79 Å². The number of ether oxygens (including phenoxy) is 1. The molecule has 0 bridgehead atoms.